The van der Waals surface area contributed by atoms with Gasteiger partial charge in [0.25, 0.3) is 0 Å². The first kappa shape index (κ1) is 11.2. The van der Waals surface area contributed by atoms with Crippen LogP contribution in [0.1, 0.15) is 16.5 Å². The molecule has 1 aromatic heterocycles. The predicted molar refractivity (Wildman–Crippen MR) is 57.1 cm³/mol. The number of nitrogens with zero attached hydrogens (tertiary/aromatic N) is 1. The zero-order valence-electron chi connectivity index (χ0n) is 8.23. The van der Waals surface area contributed by atoms with Gasteiger partial charge in [0.1, 0.15) is 0 Å². The van der Waals surface area contributed by atoms with E-state index in [1.165, 1.54) is 17.4 Å². The predicted octanol–water partition coefficient (Wildman–Crippen LogP) is 2.70. The van der Waals surface area contributed by atoms with Crippen molar-refractivity contribution in [2.24, 2.45) is 0 Å². The van der Waals surface area contributed by atoms with Crippen LogP contribution in [0.15, 0.2) is 29.9 Å². The summed E-state index contributed by atoms with van der Waals surface area (Å²) in [7, 11) is 0. The van der Waals surface area contributed by atoms with Crippen molar-refractivity contribution >= 4 is 11.3 Å². The molecule has 2 aromatic rings. The zero-order valence-corrected chi connectivity index (χ0v) is 9.05. The lowest BCUT2D eigenvalue weighted by Gasteiger charge is -2.08. The summed E-state index contributed by atoms with van der Waals surface area (Å²) in [6, 6.07) is 3.62. The normalized spacial score (nSPS) is 12.7. The van der Waals surface area contributed by atoms with Crippen LogP contribution in [0, 0.1) is 11.6 Å². The monoisotopic (exact) mass is 241 g/mol. The molecule has 0 amide bonds. The third-order valence-corrected chi connectivity index (χ3v) is 3.07. The lowest BCUT2D eigenvalue weighted by molar-refractivity contribution is 0.182. The van der Waals surface area contributed by atoms with Gasteiger partial charge in [-0.1, -0.05) is 6.07 Å². The number of benzene rings is 1. The topological polar surface area (TPSA) is 33.1 Å². The lowest BCUT2D eigenvalue weighted by Crippen LogP contribution is -2.00. The van der Waals surface area contributed by atoms with Crippen LogP contribution in [0.3, 0.4) is 0 Å². The third-order valence-electron chi connectivity index (χ3n) is 2.19. The standard InChI is InChI=1S/C11H9F2NOS/c12-8-2-1-7(3-9(8)13)4-10(15)11-5-14-6-16-11/h1-3,5-6,10,15H,4H2. The Bertz CT molecular complexity index is 473. The van der Waals surface area contributed by atoms with E-state index in [9.17, 15) is 13.9 Å². The molecule has 0 saturated carbocycles. The van der Waals surface area contributed by atoms with Gasteiger partial charge >= 0.3 is 0 Å². The van der Waals surface area contributed by atoms with Gasteiger partial charge in [-0.25, -0.2) is 8.78 Å². The van der Waals surface area contributed by atoms with Crippen molar-refractivity contribution in [1.82, 2.24) is 4.98 Å². The first-order chi connectivity index (χ1) is 7.66. The first-order valence-electron chi connectivity index (χ1n) is 4.67. The molecule has 16 heavy (non-hydrogen) atoms. The Morgan fingerprint density at radius 1 is 1.31 bits per heavy atom. The highest BCUT2D eigenvalue weighted by Crippen LogP contribution is 2.22. The average Bonchev–Trinajstić information content (AvgIpc) is 2.77. The Balaban J connectivity index is 2.12. The van der Waals surface area contributed by atoms with Gasteiger partial charge in [-0.2, -0.15) is 0 Å². The minimum atomic E-state index is -0.894. The molecular formula is C11H9F2NOS. The molecule has 2 rings (SSSR count). The fraction of sp³-hybridized carbons (Fsp3) is 0.182. The minimum Gasteiger partial charge on any atom is -0.387 e. The van der Waals surface area contributed by atoms with E-state index in [2.05, 4.69) is 4.98 Å². The number of aliphatic hydroxyl groups is 1. The van der Waals surface area contributed by atoms with E-state index in [0.717, 1.165) is 12.1 Å². The number of aromatic nitrogens is 1. The number of hydrogen-bond acceptors (Lipinski definition) is 3. The highest BCUT2D eigenvalue weighted by molar-refractivity contribution is 7.09. The van der Waals surface area contributed by atoms with Gasteiger partial charge in [0.05, 0.1) is 16.5 Å². The largest absolute Gasteiger partial charge is 0.387 e. The van der Waals surface area contributed by atoms with Crippen LogP contribution < -0.4 is 0 Å². The van der Waals surface area contributed by atoms with Crippen molar-refractivity contribution in [3.05, 3.63) is 52.0 Å². The van der Waals surface area contributed by atoms with Crippen LogP contribution in [0.5, 0.6) is 0 Å². The molecule has 5 heteroatoms. The third kappa shape index (κ3) is 2.43. The molecule has 0 aliphatic rings. The van der Waals surface area contributed by atoms with Crippen molar-refractivity contribution in [3.8, 4) is 0 Å². The van der Waals surface area contributed by atoms with Crippen molar-refractivity contribution in [2.45, 2.75) is 12.5 Å². The molecule has 0 spiro atoms. The SMILES string of the molecule is OC(Cc1ccc(F)c(F)c1)c1cncs1. The summed E-state index contributed by atoms with van der Waals surface area (Å²) >= 11 is 1.33. The summed E-state index contributed by atoms with van der Waals surface area (Å²) in [5.74, 6) is -1.77. The quantitative estimate of drug-likeness (QED) is 0.896. The summed E-state index contributed by atoms with van der Waals surface area (Å²) in [5, 5.41) is 9.78. The second-order valence-electron chi connectivity index (χ2n) is 3.37. The summed E-state index contributed by atoms with van der Waals surface area (Å²) in [4.78, 5) is 4.55. The lowest BCUT2D eigenvalue weighted by atomic mass is 10.1. The van der Waals surface area contributed by atoms with Crippen LogP contribution in [0.25, 0.3) is 0 Å². The van der Waals surface area contributed by atoms with Crippen LogP contribution in [0.2, 0.25) is 0 Å². The molecule has 0 fully saturated rings. The maximum absolute atomic E-state index is 12.9. The molecule has 1 heterocycles. The van der Waals surface area contributed by atoms with Gasteiger partial charge in [-0.3, -0.25) is 4.98 Å². The molecule has 0 radical (unpaired) electrons. The van der Waals surface area contributed by atoms with E-state index in [1.54, 1.807) is 11.7 Å². The van der Waals surface area contributed by atoms with Gasteiger partial charge in [-0.15, -0.1) is 11.3 Å². The van der Waals surface area contributed by atoms with E-state index in [-0.39, 0.29) is 6.42 Å². The number of halogens is 2. The van der Waals surface area contributed by atoms with Crippen molar-refractivity contribution in [1.29, 1.82) is 0 Å². The fourth-order valence-corrected chi connectivity index (χ4v) is 1.99. The molecule has 2 nitrogen and oxygen atoms in total. The maximum Gasteiger partial charge on any atom is 0.159 e. The smallest absolute Gasteiger partial charge is 0.159 e. The molecule has 1 atom stereocenters. The molecule has 84 valence electrons. The van der Waals surface area contributed by atoms with Gasteiger partial charge in [-0.05, 0) is 17.7 Å². The molecule has 1 aromatic carbocycles. The van der Waals surface area contributed by atoms with Crippen molar-refractivity contribution < 1.29 is 13.9 Å². The second-order valence-corrected chi connectivity index (χ2v) is 4.29. The van der Waals surface area contributed by atoms with Gasteiger partial charge < -0.3 is 5.11 Å². The van der Waals surface area contributed by atoms with E-state index < -0.39 is 17.7 Å². The highest BCUT2D eigenvalue weighted by atomic mass is 32.1. The van der Waals surface area contributed by atoms with Gasteiger partial charge in [0.2, 0.25) is 0 Å². The zero-order chi connectivity index (χ0) is 11.5. The molecule has 1 unspecified atom stereocenters. The summed E-state index contributed by atoms with van der Waals surface area (Å²) in [6.45, 7) is 0. The second kappa shape index (κ2) is 4.67. The molecular weight excluding hydrogens is 232 g/mol. The molecule has 1 N–H and O–H groups in total. The van der Waals surface area contributed by atoms with Crippen LogP contribution in [-0.4, -0.2) is 10.1 Å². The highest BCUT2D eigenvalue weighted by Gasteiger charge is 2.11. The van der Waals surface area contributed by atoms with Crippen LogP contribution in [-0.2, 0) is 6.42 Å². The van der Waals surface area contributed by atoms with E-state index in [4.69, 9.17) is 0 Å². The molecule has 0 aliphatic carbocycles. The van der Waals surface area contributed by atoms with Crippen LogP contribution >= 0.6 is 11.3 Å². The van der Waals surface area contributed by atoms with Gasteiger partial charge in [0.15, 0.2) is 11.6 Å². The maximum atomic E-state index is 12.9. The van der Waals surface area contributed by atoms with E-state index >= 15 is 0 Å². The number of hydrogen-bond donors (Lipinski definition) is 1. The summed E-state index contributed by atoms with van der Waals surface area (Å²) in [6.07, 6.45) is 1.09. The number of aliphatic hydroxyl groups excluding tert-OH is 1. The Hall–Kier alpha value is -1.33. The molecule has 0 saturated heterocycles. The van der Waals surface area contributed by atoms with Crippen molar-refractivity contribution in [2.75, 3.05) is 0 Å². The number of thiazole rings is 1. The Labute approximate surface area is 95.2 Å². The Kier molecular flexibility index (Phi) is 3.26. The first-order valence-corrected chi connectivity index (χ1v) is 5.55. The van der Waals surface area contributed by atoms with E-state index in [0.29, 0.717) is 10.4 Å². The minimum absolute atomic E-state index is 0.249. The summed E-state index contributed by atoms with van der Waals surface area (Å²) < 4.78 is 25.6. The Morgan fingerprint density at radius 2 is 2.12 bits per heavy atom. The summed E-state index contributed by atoms with van der Waals surface area (Å²) in [5.41, 5.74) is 2.17. The Morgan fingerprint density at radius 3 is 2.75 bits per heavy atom. The molecule has 0 bridgehead atoms. The van der Waals surface area contributed by atoms with Gasteiger partial charge in [0, 0.05) is 12.6 Å². The van der Waals surface area contributed by atoms with E-state index in [1.807, 2.05) is 0 Å². The van der Waals surface area contributed by atoms with Crippen LogP contribution in [0.4, 0.5) is 8.78 Å². The van der Waals surface area contributed by atoms with Crippen molar-refractivity contribution in [3.63, 3.8) is 0 Å². The fourth-order valence-electron chi connectivity index (χ4n) is 1.38. The number of rotatable bonds is 3. The average molecular weight is 241 g/mol. The molecule has 0 aliphatic heterocycles.